The Morgan fingerprint density at radius 2 is 1.79 bits per heavy atom. The maximum absolute atomic E-state index is 13.3. The average Bonchev–Trinajstić information content (AvgIpc) is 2.53. The van der Waals surface area contributed by atoms with E-state index in [4.69, 9.17) is 10.2 Å². The molecular formula is C15H12FN3O5. The second kappa shape index (κ2) is 7.27. The highest BCUT2D eigenvalue weighted by Crippen LogP contribution is 2.19. The lowest BCUT2D eigenvalue weighted by atomic mass is 10.0. The quantitative estimate of drug-likeness (QED) is 0.725. The number of carbonyl (C=O) groups excluding carboxylic acids is 1. The Labute approximate surface area is 135 Å². The van der Waals surface area contributed by atoms with Crippen LogP contribution in [-0.2, 0) is 4.79 Å². The predicted molar refractivity (Wildman–Crippen MR) is 77.9 cm³/mol. The van der Waals surface area contributed by atoms with Gasteiger partial charge < -0.3 is 15.5 Å². The lowest BCUT2D eigenvalue weighted by Crippen LogP contribution is -2.32. The van der Waals surface area contributed by atoms with Crippen LogP contribution in [0.2, 0.25) is 0 Å². The average molecular weight is 333 g/mol. The van der Waals surface area contributed by atoms with Gasteiger partial charge in [0.15, 0.2) is 11.4 Å². The summed E-state index contributed by atoms with van der Waals surface area (Å²) in [6.07, 6.45) is 1.73. The molecule has 0 saturated heterocycles. The summed E-state index contributed by atoms with van der Waals surface area (Å²) < 4.78 is 13.3. The van der Waals surface area contributed by atoms with Crippen LogP contribution in [0.25, 0.3) is 0 Å². The fraction of sp³-hybridized carbons (Fsp3) is 0.133. The Balaban J connectivity index is 2.31. The molecule has 1 heterocycles. The van der Waals surface area contributed by atoms with Crippen LogP contribution in [0.15, 0.2) is 36.7 Å². The predicted octanol–water partition coefficient (Wildman–Crippen LogP) is 1.26. The van der Waals surface area contributed by atoms with Crippen LogP contribution in [-0.4, -0.2) is 38.0 Å². The number of aliphatic carboxylic acids is 1. The van der Waals surface area contributed by atoms with Gasteiger partial charge in [0.25, 0.3) is 5.91 Å². The highest BCUT2D eigenvalue weighted by Gasteiger charge is 2.24. The first kappa shape index (κ1) is 17.0. The van der Waals surface area contributed by atoms with Crippen LogP contribution < -0.4 is 5.32 Å². The van der Waals surface area contributed by atoms with Gasteiger partial charge >= 0.3 is 11.9 Å². The molecule has 0 bridgehead atoms. The molecule has 1 aromatic heterocycles. The van der Waals surface area contributed by atoms with Gasteiger partial charge in [0, 0.05) is 12.4 Å². The SMILES string of the molecule is O=C(O)C[C@H](NC(=O)c1nccnc1C(=O)O)c1cccc(F)c1. The number of hydrogen-bond acceptors (Lipinski definition) is 5. The highest BCUT2D eigenvalue weighted by molar-refractivity contribution is 6.02. The van der Waals surface area contributed by atoms with Crippen molar-refractivity contribution >= 4 is 17.8 Å². The van der Waals surface area contributed by atoms with Crippen molar-refractivity contribution in [1.82, 2.24) is 15.3 Å². The van der Waals surface area contributed by atoms with Crippen molar-refractivity contribution in [2.45, 2.75) is 12.5 Å². The Bertz CT molecular complexity index is 796. The van der Waals surface area contributed by atoms with E-state index in [0.29, 0.717) is 0 Å². The normalized spacial score (nSPS) is 11.5. The molecule has 2 aromatic rings. The molecule has 0 aliphatic heterocycles. The fourth-order valence-electron chi connectivity index (χ4n) is 2.04. The minimum Gasteiger partial charge on any atom is -0.481 e. The van der Waals surface area contributed by atoms with Gasteiger partial charge in [0.05, 0.1) is 12.5 Å². The fourth-order valence-corrected chi connectivity index (χ4v) is 2.04. The summed E-state index contributed by atoms with van der Waals surface area (Å²) >= 11 is 0. The summed E-state index contributed by atoms with van der Waals surface area (Å²) in [5.41, 5.74) is -0.799. The molecule has 1 amide bonds. The van der Waals surface area contributed by atoms with E-state index in [1.165, 1.54) is 18.2 Å². The number of amides is 1. The third-order valence-corrected chi connectivity index (χ3v) is 3.05. The molecule has 3 N–H and O–H groups in total. The zero-order valence-electron chi connectivity index (χ0n) is 12.1. The van der Waals surface area contributed by atoms with Gasteiger partial charge in [-0.1, -0.05) is 12.1 Å². The van der Waals surface area contributed by atoms with Gasteiger partial charge in [0.2, 0.25) is 0 Å². The largest absolute Gasteiger partial charge is 0.481 e. The van der Waals surface area contributed by atoms with Crippen LogP contribution in [0.5, 0.6) is 0 Å². The standard InChI is InChI=1S/C15H12FN3O5/c16-9-3-1-2-8(6-9)10(7-11(20)21)19-14(22)12-13(15(23)24)18-5-4-17-12/h1-6,10H,7H2,(H,19,22)(H,20,21)(H,23,24)/t10-/m0/s1. The lowest BCUT2D eigenvalue weighted by molar-refractivity contribution is -0.137. The summed E-state index contributed by atoms with van der Waals surface area (Å²) in [5, 5.41) is 20.3. The van der Waals surface area contributed by atoms with Crippen molar-refractivity contribution in [3.63, 3.8) is 0 Å². The van der Waals surface area contributed by atoms with E-state index in [1.807, 2.05) is 0 Å². The zero-order chi connectivity index (χ0) is 17.7. The minimum atomic E-state index is -1.45. The van der Waals surface area contributed by atoms with Gasteiger partial charge in [-0.05, 0) is 17.7 Å². The summed E-state index contributed by atoms with van der Waals surface area (Å²) in [5.74, 6) is -4.19. The van der Waals surface area contributed by atoms with Gasteiger partial charge in [-0.3, -0.25) is 9.59 Å². The lowest BCUT2D eigenvalue weighted by Gasteiger charge is -2.17. The zero-order valence-corrected chi connectivity index (χ0v) is 12.1. The summed E-state index contributed by atoms with van der Waals surface area (Å²) in [6.45, 7) is 0. The molecule has 0 unspecified atom stereocenters. The summed E-state index contributed by atoms with van der Waals surface area (Å²) in [7, 11) is 0. The second-order valence-electron chi connectivity index (χ2n) is 4.74. The van der Waals surface area contributed by atoms with E-state index in [2.05, 4.69) is 15.3 Å². The Morgan fingerprint density at radius 1 is 1.12 bits per heavy atom. The van der Waals surface area contributed by atoms with E-state index in [9.17, 15) is 18.8 Å². The second-order valence-corrected chi connectivity index (χ2v) is 4.74. The molecule has 1 atom stereocenters. The molecule has 0 aliphatic rings. The Hall–Kier alpha value is -3.36. The van der Waals surface area contributed by atoms with Crippen molar-refractivity contribution in [1.29, 1.82) is 0 Å². The molecule has 0 fully saturated rings. The van der Waals surface area contributed by atoms with Crippen molar-refractivity contribution in [2.24, 2.45) is 0 Å². The maximum Gasteiger partial charge on any atom is 0.356 e. The van der Waals surface area contributed by atoms with Crippen LogP contribution >= 0.6 is 0 Å². The Morgan fingerprint density at radius 3 is 2.38 bits per heavy atom. The van der Waals surface area contributed by atoms with Crippen LogP contribution in [0, 0.1) is 5.82 Å². The van der Waals surface area contributed by atoms with Gasteiger partial charge in [-0.15, -0.1) is 0 Å². The minimum absolute atomic E-state index is 0.228. The highest BCUT2D eigenvalue weighted by atomic mass is 19.1. The third-order valence-electron chi connectivity index (χ3n) is 3.05. The van der Waals surface area contributed by atoms with Crippen molar-refractivity contribution in [2.75, 3.05) is 0 Å². The topological polar surface area (TPSA) is 129 Å². The molecule has 1 aromatic carbocycles. The molecular weight excluding hydrogens is 321 g/mol. The number of nitrogens with one attached hydrogen (secondary N) is 1. The van der Waals surface area contributed by atoms with Crippen LogP contribution in [0.4, 0.5) is 4.39 Å². The molecule has 124 valence electrons. The maximum atomic E-state index is 13.3. The number of carbonyl (C=O) groups is 3. The van der Waals surface area contributed by atoms with E-state index in [0.717, 1.165) is 18.5 Å². The van der Waals surface area contributed by atoms with E-state index in [-0.39, 0.29) is 5.56 Å². The summed E-state index contributed by atoms with van der Waals surface area (Å²) in [4.78, 5) is 41.6. The Kier molecular flexibility index (Phi) is 5.15. The first-order chi connectivity index (χ1) is 11.4. The number of carboxylic acids is 2. The number of nitrogens with zero attached hydrogens (tertiary/aromatic N) is 2. The summed E-state index contributed by atoms with van der Waals surface area (Å²) in [6, 6.07) is 4.02. The molecule has 0 aliphatic carbocycles. The third kappa shape index (κ3) is 4.09. The number of halogens is 1. The number of aromatic nitrogens is 2. The number of hydrogen-bond donors (Lipinski definition) is 3. The number of benzene rings is 1. The molecule has 8 nitrogen and oxygen atoms in total. The smallest absolute Gasteiger partial charge is 0.356 e. The van der Waals surface area contributed by atoms with Crippen LogP contribution in [0.1, 0.15) is 39.0 Å². The molecule has 9 heteroatoms. The van der Waals surface area contributed by atoms with Crippen molar-refractivity contribution < 1.29 is 29.0 Å². The number of aromatic carboxylic acids is 1. The molecule has 2 rings (SSSR count). The molecule has 0 spiro atoms. The van der Waals surface area contributed by atoms with Gasteiger partial charge in [0.1, 0.15) is 5.82 Å². The first-order valence-corrected chi connectivity index (χ1v) is 6.71. The van der Waals surface area contributed by atoms with E-state index < -0.39 is 47.5 Å². The first-order valence-electron chi connectivity index (χ1n) is 6.71. The molecule has 24 heavy (non-hydrogen) atoms. The number of rotatable bonds is 6. The van der Waals surface area contributed by atoms with Crippen molar-refractivity contribution in [3.8, 4) is 0 Å². The van der Waals surface area contributed by atoms with Crippen molar-refractivity contribution in [3.05, 3.63) is 59.4 Å². The number of carboxylic acid groups (broad SMARTS) is 2. The molecule has 0 saturated carbocycles. The van der Waals surface area contributed by atoms with Gasteiger partial charge in [-0.2, -0.15) is 0 Å². The van der Waals surface area contributed by atoms with E-state index >= 15 is 0 Å². The molecule has 0 radical (unpaired) electrons. The van der Waals surface area contributed by atoms with Gasteiger partial charge in [-0.25, -0.2) is 19.2 Å². The van der Waals surface area contributed by atoms with Crippen LogP contribution in [0.3, 0.4) is 0 Å². The van der Waals surface area contributed by atoms with E-state index in [1.54, 1.807) is 0 Å². The monoisotopic (exact) mass is 333 g/mol.